The summed E-state index contributed by atoms with van der Waals surface area (Å²) in [5, 5.41) is 12.9. The van der Waals surface area contributed by atoms with Crippen LogP contribution < -0.4 is 10.0 Å². The molecule has 1 heterocycles. The lowest BCUT2D eigenvalue weighted by atomic mass is 9.92. The van der Waals surface area contributed by atoms with E-state index < -0.39 is 17.0 Å². The highest BCUT2D eigenvalue weighted by atomic mass is 32.2. The van der Waals surface area contributed by atoms with Gasteiger partial charge in [0.25, 0.3) is 5.91 Å². The molecule has 0 radical (unpaired) electrons. The number of likely N-dealkylation sites (tertiary alicyclic amines) is 1. The Morgan fingerprint density at radius 1 is 1.33 bits per heavy atom. The summed E-state index contributed by atoms with van der Waals surface area (Å²) < 4.78 is 2.88. The Morgan fingerprint density at radius 2 is 2.04 bits per heavy atom. The van der Waals surface area contributed by atoms with Crippen molar-refractivity contribution in [2.75, 3.05) is 13.2 Å². The van der Waals surface area contributed by atoms with E-state index in [0.29, 0.717) is 24.6 Å². The van der Waals surface area contributed by atoms with Crippen LogP contribution in [0.25, 0.3) is 0 Å². The van der Waals surface area contributed by atoms with Gasteiger partial charge in [0.2, 0.25) is 11.8 Å². The third kappa shape index (κ3) is 4.01. The van der Waals surface area contributed by atoms with Gasteiger partial charge in [-0.05, 0) is 57.9 Å². The van der Waals surface area contributed by atoms with Crippen molar-refractivity contribution in [2.24, 2.45) is 11.3 Å². The van der Waals surface area contributed by atoms with Crippen LogP contribution in [0, 0.1) is 11.3 Å². The van der Waals surface area contributed by atoms with Gasteiger partial charge < -0.3 is 15.3 Å². The predicted octanol–water partition coefficient (Wildman–Crippen LogP) is 0.984. The maximum absolute atomic E-state index is 13.0. The summed E-state index contributed by atoms with van der Waals surface area (Å²) in [7, 11) is 0. The molecule has 8 heteroatoms. The first-order chi connectivity index (χ1) is 12.7. The Bertz CT molecular complexity index is 649. The average Bonchev–Trinajstić information content (AvgIpc) is 3.55. The molecule has 3 aliphatic rings. The smallest absolute Gasteiger partial charge is 0.256 e. The van der Waals surface area contributed by atoms with E-state index in [9.17, 15) is 19.5 Å². The molecule has 3 amide bonds. The Balaban J connectivity index is 1.67. The molecule has 3 fully saturated rings. The van der Waals surface area contributed by atoms with Crippen LogP contribution in [0.4, 0.5) is 0 Å². The van der Waals surface area contributed by atoms with Gasteiger partial charge in [-0.1, -0.05) is 6.08 Å². The van der Waals surface area contributed by atoms with Gasteiger partial charge in [0.05, 0.1) is 12.0 Å². The van der Waals surface area contributed by atoms with Crippen molar-refractivity contribution in [3.8, 4) is 0 Å². The van der Waals surface area contributed by atoms with E-state index in [1.165, 1.54) is 11.9 Å². The van der Waals surface area contributed by atoms with Crippen molar-refractivity contribution in [3.63, 3.8) is 0 Å². The monoisotopic (exact) mass is 395 g/mol. The number of aliphatic hydroxyl groups excluding tert-OH is 1. The van der Waals surface area contributed by atoms with Crippen LogP contribution >= 0.6 is 11.9 Å². The van der Waals surface area contributed by atoms with Crippen molar-refractivity contribution >= 4 is 29.7 Å². The second-order valence-corrected chi connectivity index (χ2v) is 9.56. The standard InChI is InChI=1S/C19H29N3O4S/c1-4-12-10-19(12,16(25)21-27-13-7-8-13)20-15(24)14-6-5-9-22(14)17(26)18(2,3)11-23/h4,12-14,23H,1,5-11H2,2-3H3,(H,20,24)(H,21,25)/t12?,14?,19-/m1/s1. The highest BCUT2D eigenvalue weighted by Crippen LogP contribution is 2.46. The SMILES string of the molecule is C=CC1C[C@]1(NC(=O)C1CCCN1C(=O)C(C)(C)CO)C(=O)NSC1CC1. The van der Waals surface area contributed by atoms with Crippen LogP contribution in [-0.4, -0.2) is 57.7 Å². The van der Waals surface area contributed by atoms with Crippen LogP contribution in [0.15, 0.2) is 12.7 Å². The van der Waals surface area contributed by atoms with Crippen LogP contribution in [0.5, 0.6) is 0 Å². The van der Waals surface area contributed by atoms with E-state index in [-0.39, 0.29) is 30.2 Å². The molecule has 0 aromatic rings. The number of hydrogen-bond acceptors (Lipinski definition) is 5. The zero-order chi connectivity index (χ0) is 19.8. The van der Waals surface area contributed by atoms with E-state index >= 15 is 0 Å². The topological polar surface area (TPSA) is 98.7 Å². The minimum atomic E-state index is -0.954. The molecule has 3 N–H and O–H groups in total. The average molecular weight is 396 g/mol. The van der Waals surface area contributed by atoms with Gasteiger partial charge in [-0.3, -0.25) is 19.1 Å². The van der Waals surface area contributed by atoms with Gasteiger partial charge >= 0.3 is 0 Å². The summed E-state index contributed by atoms with van der Waals surface area (Å²) in [5.74, 6) is -0.822. The van der Waals surface area contributed by atoms with Crippen molar-refractivity contribution < 1.29 is 19.5 Å². The zero-order valence-corrected chi connectivity index (χ0v) is 16.8. The number of aliphatic hydroxyl groups is 1. The summed E-state index contributed by atoms with van der Waals surface area (Å²) in [6.45, 7) is 7.32. The van der Waals surface area contributed by atoms with Gasteiger partial charge in [0.1, 0.15) is 11.6 Å². The fourth-order valence-electron chi connectivity index (χ4n) is 3.49. The molecule has 0 aromatic carbocycles. The number of rotatable bonds is 8. The quantitative estimate of drug-likeness (QED) is 0.420. The summed E-state index contributed by atoms with van der Waals surface area (Å²) in [5.41, 5.74) is -1.88. The van der Waals surface area contributed by atoms with Crippen molar-refractivity contribution in [1.82, 2.24) is 14.9 Å². The van der Waals surface area contributed by atoms with E-state index in [2.05, 4.69) is 16.6 Å². The Morgan fingerprint density at radius 3 is 2.59 bits per heavy atom. The second kappa shape index (κ2) is 7.47. The molecular formula is C19H29N3O4S. The first-order valence-electron chi connectivity index (χ1n) is 9.58. The number of nitrogens with one attached hydrogen (secondary N) is 2. The minimum absolute atomic E-state index is 0.0966. The third-order valence-electron chi connectivity index (χ3n) is 5.68. The van der Waals surface area contributed by atoms with Gasteiger partial charge in [-0.15, -0.1) is 6.58 Å². The van der Waals surface area contributed by atoms with Crippen molar-refractivity contribution in [1.29, 1.82) is 0 Å². The fraction of sp³-hybridized carbons (Fsp3) is 0.737. The normalized spacial score (nSPS) is 30.0. The summed E-state index contributed by atoms with van der Waals surface area (Å²) in [6.07, 6.45) is 5.74. The highest BCUT2D eigenvalue weighted by molar-refractivity contribution is 7.98. The maximum Gasteiger partial charge on any atom is 0.256 e. The molecule has 2 unspecified atom stereocenters. The molecule has 0 bridgehead atoms. The van der Waals surface area contributed by atoms with E-state index in [0.717, 1.165) is 19.3 Å². The number of carbonyl (C=O) groups excluding carboxylic acids is 3. The largest absolute Gasteiger partial charge is 0.395 e. The van der Waals surface area contributed by atoms with Crippen LogP contribution in [0.3, 0.4) is 0 Å². The fourth-order valence-corrected chi connectivity index (χ4v) is 4.32. The van der Waals surface area contributed by atoms with Gasteiger partial charge in [-0.25, -0.2) is 0 Å². The molecule has 3 atom stereocenters. The highest BCUT2D eigenvalue weighted by Gasteiger charge is 2.60. The molecular weight excluding hydrogens is 366 g/mol. The number of nitrogens with zero attached hydrogens (tertiary/aromatic N) is 1. The Hall–Kier alpha value is -1.54. The molecule has 0 spiro atoms. The van der Waals surface area contributed by atoms with Gasteiger partial charge in [-0.2, -0.15) is 0 Å². The molecule has 2 saturated carbocycles. The van der Waals surface area contributed by atoms with Gasteiger partial charge in [0, 0.05) is 17.7 Å². The minimum Gasteiger partial charge on any atom is -0.395 e. The van der Waals surface area contributed by atoms with E-state index in [4.69, 9.17) is 0 Å². The second-order valence-electron chi connectivity index (χ2n) is 8.45. The lowest BCUT2D eigenvalue weighted by molar-refractivity contribution is -0.147. The zero-order valence-electron chi connectivity index (χ0n) is 16.0. The van der Waals surface area contributed by atoms with E-state index in [1.807, 2.05) is 0 Å². The summed E-state index contributed by atoms with van der Waals surface area (Å²) >= 11 is 1.42. The lowest BCUT2D eigenvalue weighted by Crippen LogP contribution is -2.56. The van der Waals surface area contributed by atoms with Crippen molar-refractivity contribution in [3.05, 3.63) is 12.7 Å². The molecule has 1 aliphatic heterocycles. The van der Waals surface area contributed by atoms with Gasteiger partial charge in [0.15, 0.2) is 0 Å². The molecule has 150 valence electrons. The molecule has 7 nitrogen and oxygen atoms in total. The molecule has 1 saturated heterocycles. The maximum atomic E-state index is 13.0. The molecule has 27 heavy (non-hydrogen) atoms. The first-order valence-corrected chi connectivity index (χ1v) is 10.5. The number of carbonyl (C=O) groups is 3. The number of amides is 3. The van der Waals surface area contributed by atoms with Crippen LogP contribution in [0.2, 0.25) is 0 Å². The Kier molecular flexibility index (Phi) is 5.59. The first kappa shape index (κ1) is 20.2. The lowest BCUT2D eigenvalue weighted by Gasteiger charge is -2.32. The number of hydrogen-bond donors (Lipinski definition) is 3. The predicted molar refractivity (Wildman–Crippen MR) is 104 cm³/mol. The van der Waals surface area contributed by atoms with Crippen LogP contribution in [0.1, 0.15) is 46.0 Å². The molecule has 0 aromatic heterocycles. The molecule has 2 aliphatic carbocycles. The molecule has 3 rings (SSSR count). The summed E-state index contributed by atoms with van der Waals surface area (Å²) in [6, 6.07) is -0.602. The van der Waals surface area contributed by atoms with E-state index in [1.54, 1.807) is 24.8 Å². The van der Waals surface area contributed by atoms with Crippen LogP contribution in [-0.2, 0) is 14.4 Å². The van der Waals surface area contributed by atoms with Crippen molar-refractivity contribution in [2.45, 2.75) is 62.8 Å². The Labute approximate surface area is 164 Å². The summed E-state index contributed by atoms with van der Waals surface area (Å²) in [4.78, 5) is 39.9. The third-order valence-corrected chi connectivity index (χ3v) is 6.79.